The van der Waals surface area contributed by atoms with Crippen molar-refractivity contribution in [3.8, 4) is 0 Å². The van der Waals surface area contributed by atoms with Crippen molar-refractivity contribution in [1.82, 2.24) is 29.3 Å². The number of likely N-dealkylation sites (tertiary alicyclic amines) is 1. The van der Waals surface area contributed by atoms with Gasteiger partial charge in [-0.1, -0.05) is 32.9 Å². The summed E-state index contributed by atoms with van der Waals surface area (Å²) in [4.78, 5) is 33.0. The predicted octanol–water partition coefficient (Wildman–Crippen LogP) is 3.07. The molecule has 3 aromatic rings. The van der Waals surface area contributed by atoms with Crippen molar-refractivity contribution in [1.29, 1.82) is 0 Å². The molecule has 0 aliphatic carbocycles. The first kappa shape index (κ1) is 23.5. The molecule has 5 rings (SSSR count). The first-order chi connectivity index (χ1) is 16.7. The Hall–Kier alpha value is -3.20. The summed E-state index contributed by atoms with van der Waals surface area (Å²) in [5.41, 5.74) is 5.09. The number of benzene rings is 1. The minimum atomic E-state index is 0.0551. The van der Waals surface area contributed by atoms with Crippen molar-refractivity contribution in [2.75, 3.05) is 56.0 Å². The van der Waals surface area contributed by atoms with Gasteiger partial charge in [-0.2, -0.15) is 9.97 Å². The average Bonchev–Trinajstić information content (AvgIpc) is 3.14. The molecule has 0 atom stereocenters. The number of nitrogens with one attached hydrogen (secondary N) is 1. The first-order valence-electron chi connectivity index (χ1n) is 12.5. The smallest absolute Gasteiger partial charge is 0.236 e. The van der Waals surface area contributed by atoms with Crippen LogP contribution in [-0.4, -0.2) is 81.0 Å². The maximum atomic E-state index is 12.4. The number of aromatic nitrogens is 4. The molecule has 2 fully saturated rings. The summed E-state index contributed by atoms with van der Waals surface area (Å²) in [6, 6.07) is 6.57. The lowest BCUT2D eigenvalue weighted by atomic mass is 9.86. The Bertz CT molecular complexity index is 1230. The quantitative estimate of drug-likeness (QED) is 0.606. The van der Waals surface area contributed by atoms with E-state index in [1.165, 1.54) is 5.56 Å². The zero-order chi connectivity index (χ0) is 24.7. The minimum Gasteiger partial charge on any atom is -0.341 e. The van der Waals surface area contributed by atoms with E-state index in [0.717, 1.165) is 68.3 Å². The molecule has 2 saturated heterocycles. The molecule has 0 spiro atoms. The third-order valence-corrected chi connectivity index (χ3v) is 7.14. The van der Waals surface area contributed by atoms with Crippen LogP contribution < -0.4 is 10.2 Å². The van der Waals surface area contributed by atoms with Gasteiger partial charge in [0.1, 0.15) is 5.52 Å². The van der Waals surface area contributed by atoms with Gasteiger partial charge in [0.25, 0.3) is 0 Å². The highest BCUT2D eigenvalue weighted by Gasteiger charge is 2.26. The van der Waals surface area contributed by atoms with Crippen LogP contribution in [0.4, 0.5) is 17.5 Å². The van der Waals surface area contributed by atoms with Crippen molar-refractivity contribution in [2.24, 2.45) is 7.05 Å². The van der Waals surface area contributed by atoms with E-state index in [-0.39, 0.29) is 11.3 Å². The van der Waals surface area contributed by atoms with Crippen LogP contribution in [0.1, 0.15) is 38.3 Å². The normalized spacial score (nSPS) is 17.1. The monoisotopic (exact) mass is 476 g/mol. The van der Waals surface area contributed by atoms with Crippen molar-refractivity contribution in [2.45, 2.75) is 39.5 Å². The molecule has 9 heteroatoms. The third-order valence-electron chi connectivity index (χ3n) is 7.14. The number of anilines is 3. The Kier molecular flexibility index (Phi) is 6.13. The lowest BCUT2D eigenvalue weighted by Crippen LogP contribution is -2.52. The number of rotatable bonds is 5. The summed E-state index contributed by atoms with van der Waals surface area (Å²) in [5, 5.41) is 3.60. The van der Waals surface area contributed by atoms with E-state index < -0.39 is 0 Å². The summed E-state index contributed by atoms with van der Waals surface area (Å²) in [6.45, 7) is 14.3. The summed E-state index contributed by atoms with van der Waals surface area (Å²) < 4.78 is 1.96. The highest BCUT2D eigenvalue weighted by molar-refractivity contribution is 5.87. The van der Waals surface area contributed by atoms with E-state index in [2.05, 4.69) is 66.0 Å². The second kappa shape index (κ2) is 9.11. The number of imidazole rings is 1. The highest BCUT2D eigenvalue weighted by Crippen LogP contribution is 2.31. The second-order valence-electron chi connectivity index (χ2n) is 10.8. The molecular weight excluding hydrogens is 440 g/mol. The molecule has 0 saturated carbocycles. The van der Waals surface area contributed by atoms with Gasteiger partial charge in [-0.25, -0.2) is 4.98 Å². The molecule has 9 nitrogen and oxygen atoms in total. The van der Waals surface area contributed by atoms with Crippen LogP contribution in [0, 0.1) is 6.92 Å². The fraction of sp³-hybridized carbons (Fsp3) is 0.538. The molecule has 4 heterocycles. The molecule has 2 aliphatic heterocycles. The van der Waals surface area contributed by atoms with E-state index in [1.807, 2.05) is 16.5 Å². The van der Waals surface area contributed by atoms with Gasteiger partial charge in [0.15, 0.2) is 11.5 Å². The Labute approximate surface area is 207 Å². The van der Waals surface area contributed by atoms with Crippen LogP contribution in [0.5, 0.6) is 0 Å². The van der Waals surface area contributed by atoms with Gasteiger partial charge in [0.05, 0.1) is 12.9 Å². The van der Waals surface area contributed by atoms with Crippen molar-refractivity contribution in [3.05, 3.63) is 35.7 Å². The number of carbonyl (C=O) groups is 1. The number of nitrogens with zero attached hydrogens (tertiary/aromatic N) is 7. The molecular formula is C26H36N8O. The molecule has 0 bridgehead atoms. The average molecular weight is 477 g/mol. The maximum Gasteiger partial charge on any atom is 0.236 e. The molecule has 1 N–H and O–H groups in total. The molecule has 0 radical (unpaired) electrons. The topological polar surface area (TPSA) is 82.4 Å². The molecule has 186 valence electrons. The summed E-state index contributed by atoms with van der Waals surface area (Å²) in [6.07, 6.45) is 2.91. The SMILES string of the molecule is Cc1ccc(C(C)(C)C)cc1Nc1nc(N2CCN(CC(=O)N3CCC3)CC2)nc2ncn(C)c12. The van der Waals surface area contributed by atoms with Gasteiger partial charge >= 0.3 is 0 Å². The van der Waals surface area contributed by atoms with Gasteiger partial charge in [0.2, 0.25) is 11.9 Å². The van der Waals surface area contributed by atoms with E-state index in [4.69, 9.17) is 9.97 Å². The van der Waals surface area contributed by atoms with Gasteiger partial charge in [-0.05, 0) is 36.0 Å². The number of amides is 1. The molecule has 1 aromatic carbocycles. The second-order valence-corrected chi connectivity index (χ2v) is 10.8. The first-order valence-corrected chi connectivity index (χ1v) is 12.5. The Morgan fingerprint density at radius 3 is 2.46 bits per heavy atom. The van der Waals surface area contributed by atoms with Crippen LogP contribution in [0.2, 0.25) is 0 Å². The van der Waals surface area contributed by atoms with Gasteiger partial charge in [-0.15, -0.1) is 0 Å². The summed E-state index contributed by atoms with van der Waals surface area (Å²) in [7, 11) is 1.97. The largest absolute Gasteiger partial charge is 0.341 e. The Balaban J connectivity index is 1.38. The zero-order valence-corrected chi connectivity index (χ0v) is 21.5. The van der Waals surface area contributed by atoms with Crippen molar-refractivity contribution >= 4 is 34.5 Å². The van der Waals surface area contributed by atoms with Crippen molar-refractivity contribution < 1.29 is 4.79 Å². The summed E-state index contributed by atoms with van der Waals surface area (Å²) in [5.74, 6) is 1.68. The molecule has 35 heavy (non-hydrogen) atoms. The number of aryl methyl sites for hydroxylation is 2. The Morgan fingerprint density at radius 2 is 1.80 bits per heavy atom. The van der Waals surface area contributed by atoms with Crippen LogP contribution in [0.15, 0.2) is 24.5 Å². The molecule has 2 aromatic heterocycles. The highest BCUT2D eigenvalue weighted by atomic mass is 16.2. The lowest BCUT2D eigenvalue weighted by Gasteiger charge is -2.37. The Morgan fingerprint density at radius 1 is 1.06 bits per heavy atom. The number of hydrogen-bond donors (Lipinski definition) is 1. The standard InChI is InChI=1S/C26H36N8O/c1-18-7-8-19(26(2,3)4)15-20(18)28-24-22-23(27-17-31(22)5)29-25(30-24)34-13-11-32(12-14-34)16-21(35)33-9-6-10-33/h7-8,15,17H,6,9-14,16H2,1-5H3,(H,28,29,30). The predicted molar refractivity (Wildman–Crippen MR) is 139 cm³/mol. The molecule has 1 amide bonds. The number of carbonyl (C=O) groups excluding carboxylic acids is 1. The van der Waals surface area contributed by atoms with E-state index in [9.17, 15) is 4.79 Å². The number of piperazine rings is 1. The fourth-order valence-electron chi connectivity index (χ4n) is 4.59. The number of hydrogen-bond acceptors (Lipinski definition) is 7. The molecule has 0 unspecified atom stereocenters. The van der Waals surface area contributed by atoms with Crippen LogP contribution >= 0.6 is 0 Å². The minimum absolute atomic E-state index is 0.0551. The van der Waals surface area contributed by atoms with E-state index in [1.54, 1.807) is 6.33 Å². The zero-order valence-electron chi connectivity index (χ0n) is 21.5. The summed E-state index contributed by atoms with van der Waals surface area (Å²) >= 11 is 0. The van der Waals surface area contributed by atoms with Gasteiger partial charge in [-0.3, -0.25) is 9.69 Å². The van der Waals surface area contributed by atoms with E-state index in [0.29, 0.717) is 18.1 Å². The maximum absolute atomic E-state index is 12.4. The van der Waals surface area contributed by atoms with E-state index >= 15 is 0 Å². The van der Waals surface area contributed by atoms with Gasteiger partial charge in [0, 0.05) is 52.0 Å². The van der Waals surface area contributed by atoms with Gasteiger partial charge < -0.3 is 19.7 Å². The molecule has 2 aliphatic rings. The number of fused-ring (bicyclic) bond motifs is 1. The lowest BCUT2D eigenvalue weighted by molar-refractivity contribution is -0.135. The van der Waals surface area contributed by atoms with Crippen LogP contribution in [0.3, 0.4) is 0 Å². The third kappa shape index (κ3) is 4.82. The fourth-order valence-corrected chi connectivity index (χ4v) is 4.59. The van der Waals surface area contributed by atoms with Crippen LogP contribution in [0.25, 0.3) is 11.2 Å². The van der Waals surface area contributed by atoms with Crippen LogP contribution in [-0.2, 0) is 17.3 Å². The van der Waals surface area contributed by atoms with Crippen molar-refractivity contribution in [3.63, 3.8) is 0 Å².